The predicted octanol–water partition coefficient (Wildman–Crippen LogP) is 0.249. The van der Waals surface area contributed by atoms with Crippen LogP contribution in [0.2, 0.25) is 0 Å². The van der Waals surface area contributed by atoms with Crippen molar-refractivity contribution >= 4 is 11.8 Å². The van der Waals surface area contributed by atoms with Crippen LogP contribution in [0.25, 0.3) is 0 Å². The van der Waals surface area contributed by atoms with Gasteiger partial charge < -0.3 is 14.7 Å². The van der Waals surface area contributed by atoms with Crippen LogP contribution in [-0.4, -0.2) is 42.2 Å². The number of aromatic carboxylic acids is 1. The van der Waals surface area contributed by atoms with E-state index in [0.717, 1.165) is 0 Å². The van der Waals surface area contributed by atoms with Crippen LogP contribution in [0.15, 0.2) is 6.33 Å². The molecule has 0 saturated heterocycles. The fourth-order valence-corrected chi connectivity index (χ4v) is 1.04. The van der Waals surface area contributed by atoms with Gasteiger partial charge in [-0.25, -0.2) is 14.8 Å². The normalized spacial score (nSPS) is 9.64. The highest BCUT2D eigenvalue weighted by Gasteiger charge is 2.20. The molecule has 0 bridgehead atoms. The molecule has 0 unspecified atom stereocenters. The third kappa shape index (κ3) is 1.73. The zero-order valence-electron chi connectivity index (χ0n) is 8.18. The standard InChI is InChI=1S/C8H11N3O3/c1-11(2)6-5(8(12)13)7(14-3)10-4-9-6/h4H,1-3H3,(H,12,13). The molecule has 1 N–H and O–H groups in total. The highest BCUT2D eigenvalue weighted by atomic mass is 16.5. The number of aromatic nitrogens is 2. The number of carboxylic acid groups (broad SMARTS) is 1. The Bertz CT molecular complexity index is 352. The quantitative estimate of drug-likeness (QED) is 0.748. The van der Waals surface area contributed by atoms with E-state index < -0.39 is 5.97 Å². The lowest BCUT2D eigenvalue weighted by Gasteiger charge is -2.14. The topological polar surface area (TPSA) is 75.6 Å². The fourth-order valence-electron chi connectivity index (χ4n) is 1.04. The Morgan fingerprint density at radius 2 is 2.14 bits per heavy atom. The van der Waals surface area contributed by atoms with Gasteiger partial charge in [-0.2, -0.15) is 0 Å². The van der Waals surface area contributed by atoms with Crippen LogP contribution in [0.3, 0.4) is 0 Å². The molecule has 0 spiro atoms. The average molecular weight is 197 g/mol. The van der Waals surface area contributed by atoms with E-state index in [0.29, 0.717) is 5.82 Å². The molecule has 6 heteroatoms. The van der Waals surface area contributed by atoms with Crippen LogP contribution >= 0.6 is 0 Å². The van der Waals surface area contributed by atoms with Gasteiger partial charge in [0.2, 0.25) is 5.88 Å². The summed E-state index contributed by atoms with van der Waals surface area (Å²) in [6.45, 7) is 0. The lowest BCUT2D eigenvalue weighted by atomic mass is 10.3. The highest BCUT2D eigenvalue weighted by Crippen LogP contribution is 2.22. The second kappa shape index (κ2) is 3.91. The first-order valence-electron chi connectivity index (χ1n) is 3.87. The molecule has 0 amide bonds. The Labute approximate surface area is 81.2 Å². The summed E-state index contributed by atoms with van der Waals surface area (Å²) in [5.41, 5.74) is -0.0278. The van der Waals surface area contributed by atoms with Crippen LogP contribution in [0.1, 0.15) is 10.4 Å². The minimum absolute atomic E-state index is 0.0278. The van der Waals surface area contributed by atoms with Crippen molar-refractivity contribution in [2.45, 2.75) is 0 Å². The molecule has 0 aliphatic heterocycles. The lowest BCUT2D eigenvalue weighted by Crippen LogP contribution is -2.17. The molecule has 6 nitrogen and oxygen atoms in total. The van der Waals surface area contributed by atoms with Gasteiger partial charge >= 0.3 is 5.97 Å². The van der Waals surface area contributed by atoms with Gasteiger partial charge in [-0.1, -0.05) is 0 Å². The monoisotopic (exact) mass is 197 g/mol. The van der Waals surface area contributed by atoms with Gasteiger partial charge in [0.15, 0.2) is 5.56 Å². The summed E-state index contributed by atoms with van der Waals surface area (Å²) >= 11 is 0. The van der Waals surface area contributed by atoms with E-state index in [4.69, 9.17) is 9.84 Å². The zero-order chi connectivity index (χ0) is 10.7. The molecule has 14 heavy (non-hydrogen) atoms. The number of hydrogen-bond acceptors (Lipinski definition) is 5. The maximum Gasteiger partial charge on any atom is 0.345 e. The minimum atomic E-state index is -1.11. The van der Waals surface area contributed by atoms with E-state index in [1.165, 1.54) is 13.4 Å². The maximum atomic E-state index is 10.9. The third-order valence-corrected chi connectivity index (χ3v) is 1.62. The molecule has 0 saturated carbocycles. The van der Waals surface area contributed by atoms with Crippen LogP contribution in [0.5, 0.6) is 5.88 Å². The summed E-state index contributed by atoms with van der Waals surface area (Å²) in [6, 6.07) is 0. The van der Waals surface area contributed by atoms with E-state index in [2.05, 4.69) is 9.97 Å². The summed E-state index contributed by atoms with van der Waals surface area (Å²) in [5.74, 6) is -0.716. The third-order valence-electron chi connectivity index (χ3n) is 1.62. The maximum absolute atomic E-state index is 10.9. The largest absolute Gasteiger partial charge is 0.480 e. The molecule has 76 valence electrons. The van der Waals surface area contributed by atoms with Crippen molar-refractivity contribution in [3.63, 3.8) is 0 Å². The second-order valence-electron chi connectivity index (χ2n) is 2.78. The highest BCUT2D eigenvalue weighted by molar-refractivity contribution is 5.95. The minimum Gasteiger partial charge on any atom is -0.480 e. The molecule has 0 atom stereocenters. The molecule has 1 aromatic heterocycles. The molecular formula is C8H11N3O3. The van der Waals surface area contributed by atoms with Gasteiger partial charge in [0.1, 0.15) is 12.1 Å². The Morgan fingerprint density at radius 1 is 1.50 bits per heavy atom. The van der Waals surface area contributed by atoms with Gasteiger partial charge in [0, 0.05) is 14.1 Å². The average Bonchev–Trinajstić information content (AvgIpc) is 2.16. The van der Waals surface area contributed by atoms with E-state index in [-0.39, 0.29) is 11.4 Å². The van der Waals surface area contributed by atoms with Crippen LogP contribution in [0.4, 0.5) is 5.82 Å². The van der Waals surface area contributed by atoms with Gasteiger partial charge in [-0.15, -0.1) is 0 Å². The number of anilines is 1. The van der Waals surface area contributed by atoms with Crippen molar-refractivity contribution in [3.8, 4) is 5.88 Å². The molecule has 0 radical (unpaired) electrons. The summed E-state index contributed by atoms with van der Waals surface area (Å²) in [6.07, 6.45) is 1.26. The lowest BCUT2D eigenvalue weighted by molar-refractivity contribution is 0.0692. The summed E-state index contributed by atoms with van der Waals surface area (Å²) in [7, 11) is 4.77. The Hall–Kier alpha value is -1.85. The zero-order valence-corrected chi connectivity index (χ0v) is 8.18. The first kappa shape index (κ1) is 10.2. The Balaban J connectivity index is 3.35. The summed E-state index contributed by atoms with van der Waals surface area (Å²) in [5, 5.41) is 8.94. The number of hydrogen-bond donors (Lipinski definition) is 1. The van der Waals surface area contributed by atoms with E-state index >= 15 is 0 Å². The van der Waals surface area contributed by atoms with Crippen molar-refractivity contribution in [2.24, 2.45) is 0 Å². The molecule has 1 heterocycles. The number of nitrogens with zero attached hydrogens (tertiary/aromatic N) is 3. The van der Waals surface area contributed by atoms with Gasteiger partial charge in [0.05, 0.1) is 7.11 Å². The molecular weight excluding hydrogens is 186 g/mol. The molecule has 0 aliphatic carbocycles. The Kier molecular flexibility index (Phi) is 2.85. The molecule has 0 fully saturated rings. The first-order chi connectivity index (χ1) is 6.57. The van der Waals surface area contributed by atoms with Gasteiger partial charge in [0.25, 0.3) is 0 Å². The molecule has 1 aromatic rings. The van der Waals surface area contributed by atoms with Crippen molar-refractivity contribution in [1.82, 2.24) is 9.97 Å². The smallest absolute Gasteiger partial charge is 0.345 e. The van der Waals surface area contributed by atoms with E-state index in [9.17, 15) is 4.79 Å². The molecule has 0 aliphatic rings. The Morgan fingerprint density at radius 3 is 2.57 bits per heavy atom. The summed E-state index contributed by atoms with van der Waals surface area (Å²) in [4.78, 5) is 20.1. The van der Waals surface area contributed by atoms with E-state index in [1.54, 1.807) is 19.0 Å². The first-order valence-corrected chi connectivity index (χ1v) is 3.87. The molecule has 1 rings (SSSR count). The number of ether oxygens (including phenoxy) is 1. The van der Waals surface area contributed by atoms with Crippen molar-refractivity contribution in [2.75, 3.05) is 26.1 Å². The number of methoxy groups -OCH3 is 1. The predicted molar refractivity (Wildman–Crippen MR) is 49.9 cm³/mol. The SMILES string of the molecule is COc1ncnc(N(C)C)c1C(=O)O. The van der Waals surface area contributed by atoms with Crippen molar-refractivity contribution in [1.29, 1.82) is 0 Å². The van der Waals surface area contributed by atoms with Crippen LogP contribution in [-0.2, 0) is 0 Å². The van der Waals surface area contributed by atoms with Gasteiger partial charge in [-0.05, 0) is 0 Å². The van der Waals surface area contributed by atoms with Crippen LogP contribution in [0, 0.1) is 0 Å². The van der Waals surface area contributed by atoms with Gasteiger partial charge in [-0.3, -0.25) is 0 Å². The van der Waals surface area contributed by atoms with Crippen molar-refractivity contribution in [3.05, 3.63) is 11.9 Å². The number of carboxylic acids is 1. The van der Waals surface area contributed by atoms with Crippen LogP contribution < -0.4 is 9.64 Å². The van der Waals surface area contributed by atoms with E-state index in [1.807, 2.05) is 0 Å². The van der Waals surface area contributed by atoms with Crippen molar-refractivity contribution < 1.29 is 14.6 Å². The fraction of sp³-hybridized carbons (Fsp3) is 0.375. The number of rotatable bonds is 3. The summed E-state index contributed by atoms with van der Waals surface area (Å²) < 4.78 is 4.84. The molecule has 0 aromatic carbocycles. The second-order valence-corrected chi connectivity index (χ2v) is 2.78. The number of carbonyl (C=O) groups is 1.